The average molecular weight is 421 g/mol. The van der Waals surface area contributed by atoms with Crippen LogP contribution in [0.2, 0.25) is 0 Å². The first-order chi connectivity index (χ1) is 14.8. The van der Waals surface area contributed by atoms with Gasteiger partial charge in [0.05, 0.1) is 17.5 Å². The van der Waals surface area contributed by atoms with Gasteiger partial charge in [0.1, 0.15) is 0 Å². The van der Waals surface area contributed by atoms with Crippen LogP contribution in [0.1, 0.15) is 86.0 Å². The van der Waals surface area contributed by atoms with Gasteiger partial charge < -0.3 is 10.0 Å². The summed E-state index contributed by atoms with van der Waals surface area (Å²) in [5.74, 6) is 1.59. The highest BCUT2D eigenvalue weighted by molar-refractivity contribution is 6.07. The van der Waals surface area contributed by atoms with Gasteiger partial charge >= 0.3 is 0 Å². The van der Waals surface area contributed by atoms with Crippen molar-refractivity contribution < 1.29 is 9.90 Å². The molecule has 2 atom stereocenters. The summed E-state index contributed by atoms with van der Waals surface area (Å²) in [6, 6.07) is 10.3. The van der Waals surface area contributed by atoms with Gasteiger partial charge in [0.15, 0.2) is 0 Å². The minimum Gasteiger partial charge on any atom is -0.390 e. The maximum atomic E-state index is 13.1. The maximum Gasteiger partial charge on any atom is 0.258 e. The molecule has 2 aromatic rings. The van der Waals surface area contributed by atoms with Crippen molar-refractivity contribution >= 4 is 11.6 Å². The molecule has 1 saturated carbocycles. The van der Waals surface area contributed by atoms with Crippen molar-refractivity contribution in [3.63, 3.8) is 0 Å². The molecule has 2 unspecified atom stereocenters. The van der Waals surface area contributed by atoms with E-state index in [4.69, 9.17) is 4.98 Å². The summed E-state index contributed by atoms with van der Waals surface area (Å²) in [7, 11) is 1.87. The van der Waals surface area contributed by atoms with Crippen LogP contribution in [0.15, 0.2) is 36.5 Å². The highest BCUT2D eigenvalue weighted by Gasteiger charge is 2.32. The lowest BCUT2D eigenvalue weighted by Gasteiger charge is -2.36. The molecule has 0 saturated heterocycles. The fraction of sp³-hybridized carbons (Fsp3) is 0.556. The molecular formula is C27H36N2O2. The number of pyridine rings is 1. The van der Waals surface area contributed by atoms with Crippen LogP contribution in [0.5, 0.6) is 0 Å². The highest BCUT2D eigenvalue weighted by Crippen LogP contribution is 2.39. The third-order valence-electron chi connectivity index (χ3n) is 7.73. The van der Waals surface area contributed by atoms with Gasteiger partial charge in [0.2, 0.25) is 0 Å². The number of carbonyl (C=O) groups is 1. The molecule has 1 N–H and O–H groups in total. The van der Waals surface area contributed by atoms with E-state index in [1.54, 1.807) is 4.90 Å². The number of hydrogen-bond donors (Lipinski definition) is 1. The van der Waals surface area contributed by atoms with Crippen molar-refractivity contribution in [2.45, 2.75) is 77.2 Å². The van der Waals surface area contributed by atoms with Gasteiger partial charge in [0, 0.05) is 18.3 Å². The van der Waals surface area contributed by atoms with E-state index in [-0.39, 0.29) is 5.91 Å². The van der Waals surface area contributed by atoms with E-state index in [9.17, 15) is 9.90 Å². The predicted octanol–water partition coefficient (Wildman–Crippen LogP) is 5.53. The van der Waals surface area contributed by atoms with Crippen molar-refractivity contribution in [2.75, 3.05) is 11.9 Å². The van der Waals surface area contributed by atoms with E-state index in [2.05, 4.69) is 26.0 Å². The third-order valence-corrected chi connectivity index (χ3v) is 7.73. The van der Waals surface area contributed by atoms with Gasteiger partial charge in [-0.05, 0) is 92.9 Å². The second-order valence-corrected chi connectivity index (χ2v) is 10.1. The molecule has 4 nitrogen and oxygen atoms in total. The molecule has 1 aromatic heterocycles. The molecule has 1 aliphatic heterocycles. The topological polar surface area (TPSA) is 53.4 Å². The molecule has 1 amide bonds. The molecule has 0 spiro atoms. The lowest BCUT2D eigenvalue weighted by atomic mass is 9.73. The molecule has 0 radical (unpaired) electrons. The Morgan fingerprint density at radius 3 is 2.68 bits per heavy atom. The number of nitrogens with zero attached hydrogens (tertiary/aromatic N) is 2. The van der Waals surface area contributed by atoms with Gasteiger partial charge in [0.25, 0.3) is 5.91 Å². The Morgan fingerprint density at radius 1 is 1.26 bits per heavy atom. The number of amides is 1. The first kappa shape index (κ1) is 22.0. The van der Waals surface area contributed by atoms with Crippen molar-refractivity contribution in [1.82, 2.24) is 4.98 Å². The van der Waals surface area contributed by atoms with Crippen LogP contribution in [0.25, 0.3) is 0 Å². The Labute approximate surface area is 186 Å². The highest BCUT2D eigenvalue weighted by atomic mass is 16.3. The number of rotatable bonds is 4. The second-order valence-electron chi connectivity index (χ2n) is 10.1. The Kier molecular flexibility index (Phi) is 6.20. The lowest BCUT2D eigenvalue weighted by Crippen LogP contribution is -2.33. The van der Waals surface area contributed by atoms with Gasteiger partial charge in [-0.3, -0.25) is 9.78 Å². The van der Waals surface area contributed by atoms with Gasteiger partial charge in [-0.1, -0.05) is 32.0 Å². The summed E-state index contributed by atoms with van der Waals surface area (Å²) in [4.78, 5) is 19.7. The summed E-state index contributed by atoms with van der Waals surface area (Å²) in [6.45, 7) is 6.52. The maximum absolute atomic E-state index is 13.1. The monoisotopic (exact) mass is 420 g/mol. The average Bonchev–Trinajstić information content (AvgIpc) is 2.76. The van der Waals surface area contributed by atoms with Crippen molar-refractivity contribution in [2.24, 2.45) is 11.8 Å². The first-order valence-corrected chi connectivity index (χ1v) is 11.9. The summed E-state index contributed by atoms with van der Waals surface area (Å²) >= 11 is 0. The fourth-order valence-corrected chi connectivity index (χ4v) is 5.49. The van der Waals surface area contributed by atoms with E-state index in [0.717, 1.165) is 67.5 Å². The molecule has 2 heterocycles. The van der Waals surface area contributed by atoms with Crippen LogP contribution >= 0.6 is 0 Å². The minimum atomic E-state index is -0.487. The minimum absolute atomic E-state index is 0.0450. The summed E-state index contributed by atoms with van der Waals surface area (Å²) in [5, 5.41) is 10.3. The molecule has 0 bridgehead atoms. The first-order valence-electron chi connectivity index (χ1n) is 11.9. The molecule has 31 heavy (non-hydrogen) atoms. The summed E-state index contributed by atoms with van der Waals surface area (Å²) < 4.78 is 0. The second kappa shape index (κ2) is 8.74. The van der Waals surface area contributed by atoms with Gasteiger partial charge in [-0.15, -0.1) is 0 Å². The molecule has 1 aromatic carbocycles. The van der Waals surface area contributed by atoms with Crippen LogP contribution in [0.3, 0.4) is 0 Å². The lowest BCUT2D eigenvalue weighted by molar-refractivity contribution is 0.000318. The zero-order chi connectivity index (χ0) is 22.2. The molecular weight excluding hydrogens is 384 g/mol. The summed E-state index contributed by atoms with van der Waals surface area (Å²) in [5.41, 5.74) is 4.77. The molecule has 2 aliphatic rings. The van der Waals surface area contributed by atoms with E-state index in [0.29, 0.717) is 17.8 Å². The Bertz CT molecular complexity index is 942. The van der Waals surface area contributed by atoms with Crippen LogP contribution in [-0.2, 0) is 12.8 Å². The zero-order valence-corrected chi connectivity index (χ0v) is 19.4. The number of benzene rings is 1. The van der Waals surface area contributed by atoms with Crippen molar-refractivity contribution in [3.05, 3.63) is 58.9 Å². The molecule has 4 heteroatoms. The number of hydrogen-bond acceptors (Lipinski definition) is 3. The van der Waals surface area contributed by atoms with E-state index >= 15 is 0 Å². The van der Waals surface area contributed by atoms with Crippen molar-refractivity contribution in [1.29, 1.82) is 0 Å². The zero-order valence-electron chi connectivity index (χ0n) is 19.4. The van der Waals surface area contributed by atoms with Crippen LogP contribution in [0.4, 0.5) is 5.69 Å². The van der Waals surface area contributed by atoms with E-state index < -0.39 is 5.60 Å². The van der Waals surface area contributed by atoms with Gasteiger partial charge in [-0.2, -0.15) is 0 Å². The van der Waals surface area contributed by atoms with Crippen LogP contribution in [-0.4, -0.2) is 28.6 Å². The molecule has 1 aliphatic carbocycles. The quantitative estimate of drug-likeness (QED) is 0.708. The number of fused-ring (bicyclic) bond motifs is 2. The molecule has 1 fully saturated rings. The number of anilines is 1. The Hall–Kier alpha value is -2.20. The number of aliphatic hydroxyl groups is 1. The largest absolute Gasteiger partial charge is 0.390 e. The SMILES string of the molecule is CCC1Cc2ccccc2C(=O)N(C)c2cnc(CC(C)C3CCC(C)(O)CC3)cc21. The number of aromatic nitrogens is 1. The predicted molar refractivity (Wildman–Crippen MR) is 126 cm³/mol. The van der Waals surface area contributed by atoms with Gasteiger partial charge in [-0.25, -0.2) is 0 Å². The molecule has 166 valence electrons. The third kappa shape index (κ3) is 4.55. The normalized spacial score (nSPS) is 27.1. The smallest absolute Gasteiger partial charge is 0.258 e. The fourth-order valence-electron chi connectivity index (χ4n) is 5.49. The Balaban J connectivity index is 1.60. The number of carbonyl (C=O) groups excluding carboxylic acids is 1. The summed E-state index contributed by atoms with van der Waals surface area (Å²) in [6.07, 6.45) is 8.74. The van der Waals surface area contributed by atoms with E-state index in [1.807, 2.05) is 38.4 Å². The standard InChI is InChI=1S/C27H36N2O2/c1-5-19-15-21-8-6-7-9-23(21)26(30)29(4)25-17-28-22(16-24(19)25)14-18(2)20-10-12-27(3,31)13-11-20/h6-9,16-20,31H,5,10-15H2,1-4H3. The Morgan fingerprint density at radius 2 is 1.97 bits per heavy atom. The van der Waals surface area contributed by atoms with Crippen LogP contribution < -0.4 is 4.90 Å². The van der Waals surface area contributed by atoms with E-state index in [1.165, 1.54) is 5.56 Å². The van der Waals surface area contributed by atoms with Crippen LogP contribution in [0, 0.1) is 11.8 Å². The van der Waals surface area contributed by atoms with Crippen molar-refractivity contribution in [3.8, 4) is 0 Å². The molecule has 4 rings (SSSR count).